The van der Waals surface area contributed by atoms with Crippen molar-refractivity contribution in [1.82, 2.24) is 14.8 Å². The van der Waals surface area contributed by atoms with Gasteiger partial charge in [0.15, 0.2) is 5.82 Å². The predicted molar refractivity (Wildman–Crippen MR) is 115 cm³/mol. The largest absolute Gasteiger partial charge is 0.326 e. The van der Waals surface area contributed by atoms with Gasteiger partial charge < -0.3 is 10.6 Å². The number of para-hydroxylation sites is 1. The first kappa shape index (κ1) is 18.1. The van der Waals surface area contributed by atoms with Crippen molar-refractivity contribution in [2.24, 2.45) is 0 Å². The standard InChI is InChI=1S/C23H19N5O2/c1-13-9-20(24-19-6-4-3-5-17(13)19)28-21(10-14(2)27-28)26-23(30)15-7-8-18-16(11-15)12-22(29)25-18/h3-11H,12H2,1-2H3,(H,25,29)(H,26,30). The third-order valence-electron chi connectivity index (χ3n) is 5.19. The number of carbonyl (C=O) groups excluding carboxylic acids is 2. The molecule has 30 heavy (non-hydrogen) atoms. The van der Waals surface area contributed by atoms with Gasteiger partial charge in [0.1, 0.15) is 5.82 Å². The van der Waals surface area contributed by atoms with Crippen LogP contribution in [0.25, 0.3) is 16.7 Å². The van der Waals surface area contributed by atoms with E-state index in [9.17, 15) is 9.59 Å². The first-order valence-electron chi connectivity index (χ1n) is 9.65. The Morgan fingerprint density at radius 1 is 1.10 bits per heavy atom. The summed E-state index contributed by atoms with van der Waals surface area (Å²) in [6.45, 7) is 3.90. The lowest BCUT2D eigenvalue weighted by Crippen LogP contribution is -2.16. The molecular weight excluding hydrogens is 378 g/mol. The van der Waals surface area contributed by atoms with E-state index in [-0.39, 0.29) is 18.2 Å². The Hall–Kier alpha value is -4.00. The minimum atomic E-state index is -0.268. The fourth-order valence-electron chi connectivity index (χ4n) is 3.76. The van der Waals surface area contributed by atoms with Crippen LogP contribution in [-0.4, -0.2) is 26.6 Å². The van der Waals surface area contributed by atoms with Crippen LogP contribution in [0.2, 0.25) is 0 Å². The lowest BCUT2D eigenvalue weighted by molar-refractivity contribution is -0.115. The van der Waals surface area contributed by atoms with E-state index in [0.717, 1.165) is 33.4 Å². The molecule has 7 nitrogen and oxygen atoms in total. The third-order valence-corrected chi connectivity index (χ3v) is 5.19. The van der Waals surface area contributed by atoms with Gasteiger partial charge in [-0.05, 0) is 55.3 Å². The highest BCUT2D eigenvalue weighted by Gasteiger charge is 2.20. The Bertz CT molecular complexity index is 1340. The first-order valence-corrected chi connectivity index (χ1v) is 9.65. The van der Waals surface area contributed by atoms with Gasteiger partial charge in [-0.25, -0.2) is 4.98 Å². The Kier molecular flexibility index (Phi) is 4.10. The molecule has 2 N–H and O–H groups in total. The topological polar surface area (TPSA) is 88.9 Å². The Morgan fingerprint density at radius 2 is 1.93 bits per heavy atom. The normalized spacial score (nSPS) is 12.7. The SMILES string of the molecule is Cc1cc(NC(=O)c2ccc3c(c2)CC(=O)N3)n(-c2cc(C)c3ccccc3n2)n1. The van der Waals surface area contributed by atoms with Gasteiger partial charge in [-0.2, -0.15) is 9.78 Å². The molecule has 0 saturated carbocycles. The predicted octanol–water partition coefficient (Wildman–Crippen LogP) is 3.78. The quantitative estimate of drug-likeness (QED) is 0.551. The molecule has 0 unspecified atom stereocenters. The maximum Gasteiger partial charge on any atom is 0.256 e. The van der Waals surface area contributed by atoms with Gasteiger partial charge in [-0.3, -0.25) is 9.59 Å². The minimum absolute atomic E-state index is 0.0611. The van der Waals surface area contributed by atoms with E-state index < -0.39 is 0 Å². The molecule has 2 amide bonds. The summed E-state index contributed by atoms with van der Waals surface area (Å²) in [4.78, 5) is 29.2. The van der Waals surface area contributed by atoms with Gasteiger partial charge in [0.2, 0.25) is 5.91 Å². The van der Waals surface area contributed by atoms with Crippen molar-refractivity contribution in [1.29, 1.82) is 0 Å². The minimum Gasteiger partial charge on any atom is -0.326 e. The second-order valence-corrected chi connectivity index (χ2v) is 7.45. The van der Waals surface area contributed by atoms with Crippen LogP contribution in [0.4, 0.5) is 11.5 Å². The molecule has 0 atom stereocenters. The highest BCUT2D eigenvalue weighted by Crippen LogP contribution is 2.25. The van der Waals surface area contributed by atoms with Crippen LogP contribution >= 0.6 is 0 Å². The smallest absolute Gasteiger partial charge is 0.256 e. The molecule has 3 heterocycles. The van der Waals surface area contributed by atoms with Gasteiger partial charge >= 0.3 is 0 Å². The number of amides is 2. The molecule has 2 aromatic carbocycles. The maximum atomic E-state index is 12.9. The van der Waals surface area contributed by atoms with Crippen molar-refractivity contribution in [3.8, 4) is 5.82 Å². The fourth-order valence-corrected chi connectivity index (χ4v) is 3.76. The van der Waals surface area contributed by atoms with Crippen LogP contribution < -0.4 is 10.6 Å². The molecule has 1 aliphatic rings. The number of hydrogen-bond donors (Lipinski definition) is 2. The summed E-state index contributed by atoms with van der Waals surface area (Å²) in [6.07, 6.45) is 0.285. The molecule has 0 radical (unpaired) electrons. The monoisotopic (exact) mass is 397 g/mol. The summed E-state index contributed by atoms with van der Waals surface area (Å²) >= 11 is 0. The highest BCUT2D eigenvalue weighted by atomic mass is 16.2. The lowest BCUT2D eigenvalue weighted by Gasteiger charge is -2.11. The number of benzene rings is 2. The molecule has 2 aromatic heterocycles. The molecule has 0 bridgehead atoms. The van der Waals surface area contributed by atoms with Crippen molar-refractivity contribution in [2.45, 2.75) is 20.3 Å². The third kappa shape index (κ3) is 3.10. The lowest BCUT2D eigenvalue weighted by atomic mass is 10.1. The number of aryl methyl sites for hydroxylation is 2. The molecule has 7 heteroatoms. The van der Waals surface area contributed by atoms with E-state index in [0.29, 0.717) is 17.2 Å². The average Bonchev–Trinajstić information content (AvgIpc) is 3.28. The van der Waals surface area contributed by atoms with E-state index >= 15 is 0 Å². The van der Waals surface area contributed by atoms with Gasteiger partial charge in [-0.1, -0.05) is 18.2 Å². The summed E-state index contributed by atoms with van der Waals surface area (Å²) < 4.78 is 1.64. The van der Waals surface area contributed by atoms with Crippen LogP contribution in [0, 0.1) is 13.8 Å². The van der Waals surface area contributed by atoms with E-state index in [1.807, 2.05) is 50.2 Å². The van der Waals surface area contributed by atoms with Crippen LogP contribution in [0.15, 0.2) is 54.6 Å². The summed E-state index contributed by atoms with van der Waals surface area (Å²) in [6, 6.07) is 16.9. The van der Waals surface area contributed by atoms with E-state index in [1.54, 1.807) is 22.9 Å². The molecule has 0 spiro atoms. The molecule has 0 aliphatic carbocycles. The van der Waals surface area contributed by atoms with Gasteiger partial charge in [-0.15, -0.1) is 0 Å². The first-order chi connectivity index (χ1) is 14.5. The number of anilines is 2. The zero-order valence-electron chi connectivity index (χ0n) is 16.6. The van der Waals surface area contributed by atoms with Crippen molar-refractivity contribution in [2.75, 3.05) is 10.6 Å². The second kappa shape index (κ2) is 6.81. The zero-order chi connectivity index (χ0) is 20.8. The van der Waals surface area contributed by atoms with E-state index in [1.165, 1.54) is 0 Å². The number of fused-ring (bicyclic) bond motifs is 2. The van der Waals surface area contributed by atoms with Crippen molar-refractivity contribution in [3.05, 3.63) is 77.0 Å². The molecule has 4 aromatic rings. The fraction of sp³-hybridized carbons (Fsp3) is 0.130. The van der Waals surface area contributed by atoms with Crippen LogP contribution in [0.3, 0.4) is 0 Å². The van der Waals surface area contributed by atoms with Gasteiger partial charge in [0.05, 0.1) is 17.6 Å². The molecule has 0 saturated heterocycles. The van der Waals surface area contributed by atoms with Crippen LogP contribution in [-0.2, 0) is 11.2 Å². The number of carbonyl (C=O) groups is 2. The number of nitrogens with zero attached hydrogens (tertiary/aromatic N) is 3. The maximum absolute atomic E-state index is 12.9. The van der Waals surface area contributed by atoms with E-state index in [2.05, 4.69) is 15.7 Å². The van der Waals surface area contributed by atoms with E-state index in [4.69, 9.17) is 4.98 Å². The molecule has 148 valence electrons. The number of pyridine rings is 1. The molecule has 1 aliphatic heterocycles. The van der Waals surface area contributed by atoms with Crippen molar-refractivity contribution in [3.63, 3.8) is 0 Å². The summed E-state index contributed by atoms with van der Waals surface area (Å²) in [5.74, 6) is 0.845. The molecule has 0 fully saturated rings. The summed E-state index contributed by atoms with van der Waals surface area (Å²) in [7, 11) is 0. The Morgan fingerprint density at radius 3 is 2.80 bits per heavy atom. The number of aromatic nitrogens is 3. The number of nitrogens with one attached hydrogen (secondary N) is 2. The second-order valence-electron chi connectivity index (χ2n) is 7.45. The van der Waals surface area contributed by atoms with Crippen LogP contribution in [0.1, 0.15) is 27.2 Å². The molecular formula is C23H19N5O2. The van der Waals surface area contributed by atoms with Gasteiger partial charge in [0, 0.05) is 22.7 Å². The Labute approximate surface area is 172 Å². The highest BCUT2D eigenvalue weighted by molar-refractivity contribution is 6.06. The van der Waals surface area contributed by atoms with Crippen LogP contribution in [0.5, 0.6) is 0 Å². The Balaban J connectivity index is 1.49. The number of hydrogen-bond acceptors (Lipinski definition) is 4. The van der Waals surface area contributed by atoms with Crippen molar-refractivity contribution >= 4 is 34.2 Å². The molecule has 5 rings (SSSR count). The summed E-state index contributed by atoms with van der Waals surface area (Å²) in [5, 5.41) is 11.3. The zero-order valence-corrected chi connectivity index (χ0v) is 16.6. The number of rotatable bonds is 3. The van der Waals surface area contributed by atoms with Gasteiger partial charge in [0.25, 0.3) is 5.91 Å². The average molecular weight is 397 g/mol. The van der Waals surface area contributed by atoms with Crippen molar-refractivity contribution < 1.29 is 9.59 Å². The summed E-state index contributed by atoms with van der Waals surface area (Å²) in [5.41, 5.74) is 4.78.